The van der Waals surface area contributed by atoms with Gasteiger partial charge < -0.3 is 20.1 Å². The number of aromatic nitrogens is 2. The normalized spacial score (nSPS) is 18.7. The molecule has 3 amide bonds. The van der Waals surface area contributed by atoms with Gasteiger partial charge in [0.25, 0.3) is 11.7 Å². The van der Waals surface area contributed by atoms with Gasteiger partial charge in [-0.1, -0.05) is 18.0 Å². The molecule has 0 unspecified atom stereocenters. The third-order valence-corrected chi connectivity index (χ3v) is 5.19. The van der Waals surface area contributed by atoms with Gasteiger partial charge in [0, 0.05) is 32.0 Å². The number of piperidine rings is 1. The number of carbonyl (C=O) groups excluding carboxylic acids is 3. The van der Waals surface area contributed by atoms with Gasteiger partial charge in [-0.3, -0.25) is 14.4 Å². The van der Waals surface area contributed by atoms with E-state index in [2.05, 4.69) is 20.8 Å². The van der Waals surface area contributed by atoms with Gasteiger partial charge in [0.1, 0.15) is 0 Å². The van der Waals surface area contributed by atoms with Crippen LogP contribution in [0, 0.1) is 11.8 Å². The third kappa shape index (κ3) is 4.20. The van der Waals surface area contributed by atoms with Crippen LogP contribution in [0.5, 0.6) is 0 Å². The number of hydrogen-bond donors (Lipinski definition) is 2. The summed E-state index contributed by atoms with van der Waals surface area (Å²) in [6, 6.07) is 0. The van der Waals surface area contributed by atoms with Crippen LogP contribution in [0.2, 0.25) is 0 Å². The summed E-state index contributed by atoms with van der Waals surface area (Å²) in [7, 11) is 1.48. The number of nitrogens with one attached hydrogen (secondary N) is 2. The number of hydrogen-bond acceptors (Lipinski definition) is 6. The number of rotatable bonds is 5. The summed E-state index contributed by atoms with van der Waals surface area (Å²) >= 11 is 0. The molecule has 1 saturated carbocycles. The highest BCUT2D eigenvalue weighted by molar-refractivity contribution is 5.89. The minimum absolute atomic E-state index is 0.0597. The molecule has 3 rings (SSSR count). The molecule has 9 nitrogen and oxygen atoms in total. The lowest BCUT2D eigenvalue weighted by Gasteiger charge is -2.33. The van der Waals surface area contributed by atoms with E-state index in [0.717, 1.165) is 25.7 Å². The molecule has 9 heteroatoms. The van der Waals surface area contributed by atoms with Crippen molar-refractivity contribution in [1.29, 1.82) is 0 Å². The first-order chi connectivity index (χ1) is 12.6. The van der Waals surface area contributed by atoms with Crippen LogP contribution in [0.25, 0.3) is 0 Å². The fraction of sp³-hybridized carbons (Fsp3) is 0.706. The van der Waals surface area contributed by atoms with Gasteiger partial charge in [0.15, 0.2) is 0 Å². The van der Waals surface area contributed by atoms with Crippen molar-refractivity contribution in [2.75, 3.05) is 20.1 Å². The highest BCUT2D eigenvalue weighted by Crippen LogP contribution is 2.28. The summed E-state index contributed by atoms with van der Waals surface area (Å²) in [5.74, 6) is -0.0742. The molecule has 2 heterocycles. The Bertz CT molecular complexity index is 660. The summed E-state index contributed by atoms with van der Waals surface area (Å²) in [6.07, 6.45) is 5.62. The first kappa shape index (κ1) is 18.3. The molecule has 1 aliphatic heterocycles. The molecular weight excluding hydrogens is 338 g/mol. The lowest BCUT2D eigenvalue weighted by Crippen LogP contribution is -2.44. The molecule has 0 aromatic carbocycles. The summed E-state index contributed by atoms with van der Waals surface area (Å²) in [5, 5.41) is 8.72. The zero-order valence-electron chi connectivity index (χ0n) is 15.0. The lowest BCUT2D eigenvalue weighted by atomic mass is 9.94. The lowest BCUT2D eigenvalue weighted by molar-refractivity contribution is -0.139. The van der Waals surface area contributed by atoms with Gasteiger partial charge in [-0.15, -0.1) is 0 Å². The number of likely N-dealkylation sites (tertiary alicyclic amines) is 1. The van der Waals surface area contributed by atoms with Gasteiger partial charge in [0.05, 0.1) is 6.54 Å². The van der Waals surface area contributed by atoms with E-state index >= 15 is 0 Å². The smallest absolute Gasteiger partial charge is 0.292 e. The predicted octanol–water partition coefficient (Wildman–Crippen LogP) is 0.474. The van der Waals surface area contributed by atoms with E-state index in [-0.39, 0.29) is 41.9 Å². The van der Waals surface area contributed by atoms with Crippen molar-refractivity contribution < 1.29 is 18.9 Å². The number of amides is 3. The summed E-state index contributed by atoms with van der Waals surface area (Å²) < 4.78 is 4.94. The van der Waals surface area contributed by atoms with Crippen molar-refractivity contribution in [3.63, 3.8) is 0 Å². The second kappa shape index (κ2) is 8.29. The Kier molecular flexibility index (Phi) is 5.85. The van der Waals surface area contributed by atoms with Crippen LogP contribution in [0.4, 0.5) is 0 Å². The van der Waals surface area contributed by atoms with Crippen LogP contribution in [0.15, 0.2) is 4.52 Å². The Hall–Kier alpha value is -2.45. The van der Waals surface area contributed by atoms with Gasteiger partial charge in [-0.2, -0.15) is 4.98 Å². The van der Waals surface area contributed by atoms with Crippen LogP contribution in [-0.4, -0.2) is 52.9 Å². The van der Waals surface area contributed by atoms with Crippen molar-refractivity contribution in [3.8, 4) is 0 Å². The Morgan fingerprint density at radius 3 is 2.46 bits per heavy atom. The topological polar surface area (TPSA) is 117 Å². The fourth-order valence-electron chi connectivity index (χ4n) is 3.63. The summed E-state index contributed by atoms with van der Waals surface area (Å²) in [4.78, 5) is 42.0. The van der Waals surface area contributed by atoms with Crippen molar-refractivity contribution in [2.45, 2.75) is 45.1 Å². The average Bonchev–Trinajstić information content (AvgIpc) is 3.37. The maximum atomic E-state index is 12.4. The van der Waals surface area contributed by atoms with Crippen LogP contribution < -0.4 is 10.6 Å². The Morgan fingerprint density at radius 1 is 1.12 bits per heavy atom. The molecular formula is C17H25N5O4. The Morgan fingerprint density at radius 2 is 1.81 bits per heavy atom. The molecule has 142 valence electrons. The molecule has 1 saturated heterocycles. The van der Waals surface area contributed by atoms with Crippen molar-refractivity contribution in [1.82, 2.24) is 25.7 Å². The highest BCUT2D eigenvalue weighted by Gasteiger charge is 2.32. The predicted molar refractivity (Wildman–Crippen MR) is 90.8 cm³/mol. The van der Waals surface area contributed by atoms with Crippen LogP contribution in [0.1, 0.15) is 55.0 Å². The molecule has 2 aliphatic rings. The van der Waals surface area contributed by atoms with E-state index in [1.165, 1.54) is 7.05 Å². The monoisotopic (exact) mass is 363 g/mol. The zero-order valence-corrected chi connectivity index (χ0v) is 15.0. The molecule has 26 heavy (non-hydrogen) atoms. The molecule has 0 bridgehead atoms. The Labute approximate surface area is 151 Å². The Balaban J connectivity index is 1.43. The molecule has 0 spiro atoms. The molecule has 1 aromatic heterocycles. The number of carbonyl (C=O) groups is 3. The van der Waals surface area contributed by atoms with Gasteiger partial charge in [-0.05, 0) is 25.7 Å². The van der Waals surface area contributed by atoms with Gasteiger partial charge in [-0.25, -0.2) is 0 Å². The maximum absolute atomic E-state index is 12.4. The zero-order chi connectivity index (χ0) is 18.5. The van der Waals surface area contributed by atoms with Crippen molar-refractivity contribution in [3.05, 3.63) is 11.7 Å². The maximum Gasteiger partial charge on any atom is 0.292 e. The first-order valence-corrected chi connectivity index (χ1v) is 9.19. The van der Waals surface area contributed by atoms with E-state index in [9.17, 15) is 14.4 Å². The average molecular weight is 363 g/mol. The minimum atomic E-state index is -0.439. The molecule has 0 atom stereocenters. The molecule has 1 aliphatic carbocycles. The van der Waals surface area contributed by atoms with E-state index in [4.69, 9.17) is 4.52 Å². The van der Waals surface area contributed by atoms with Crippen LogP contribution >= 0.6 is 0 Å². The van der Waals surface area contributed by atoms with Crippen LogP contribution in [-0.2, 0) is 16.1 Å². The SMILES string of the molecule is CNC(=O)c1noc(CNC(=O)C2CCN(C(=O)C3CCCC3)CC2)n1. The largest absolute Gasteiger partial charge is 0.352 e. The van der Waals surface area contributed by atoms with E-state index in [0.29, 0.717) is 25.9 Å². The third-order valence-electron chi connectivity index (χ3n) is 5.19. The second-order valence-corrected chi connectivity index (χ2v) is 6.89. The van der Waals surface area contributed by atoms with Gasteiger partial charge in [0.2, 0.25) is 17.7 Å². The van der Waals surface area contributed by atoms with E-state index in [1.807, 2.05) is 4.90 Å². The number of nitrogens with zero attached hydrogens (tertiary/aromatic N) is 3. The standard InChI is InChI=1S/C17H25N5O4/c1-18-16(24)14-20-13(26-21-14)10-19-15(23)11-6-8-22(9-7-11)17(25)12-4-2-3-5-12/h11-12H,2-10H2,1H3,(H,18,24)(H,19,23). The summed E-state index contributed by atoms with van der Waals surface area (Å²) in [6.45, 7) is 1.35. The quantitative estimate of drug-likeness (QED) is 0.785. The first-order valence-electron chi connectivity index (χ1n) is 9.19. The van der Waals surface area contributed by atoms with Crippen molar-refractivity contribution in [2.24, 2.45) is 11.8 Å². The molecule has 1 aromatic rings. The van der Waals surface area contributed by atoms with Crippen LogP contribution in [0.3, 0.4) is 0 Å². The summed E-state index contributed by atoms with van der Waals surface area (Å²) in [5.41, 5.74) is 0. The van der Waals surface area contributed by atoms with Crippen molar-refractivity contribution >= 4 is 17.7 Å². The molecule has 0 radical (unpaired) electrons. The molecule has 2 N–H and O–H groups in total. The van der Waals surface area contributed by atoms with E-state index < -0.39 is 5.91 Å². The molecule has 2 fully saturated rings. The highest BCUT2D eigenvalue weighted by atomic mass is 16.5. The fourth-order valence-corrected chi connectivity index (χ4v) is 3.63. The van der Waals surface area contributed by atoms with E-state index in [1.54, 1.807) is 0 Å². The van der Waals surface area contributed by atoms with Gasteiger partial charge >= 0.3 is 0 Å². The second-order valence-electron chi connectivity index (χ2n) is 6.89. The minimum Gasteiger partial charge on any atom is -0.352 e.